The topological polar surface area (TPSA) is 195 Å². The van der Waals surface area contributed by atoms with Gasteiger partial charge >= 0.3 is 6.18 Å². The molecule has 2 aromatic heterocycles. The van der Waals surface area contributed by atoms with E-state index in [4.69, 9.17) is 11.6 Å². The minimum Gasteiger partial charge on any atom is -0.370 e. The van der Waals surface area contributed by atoms with E-state index in [9.17, 15) is 44.4 Å². The zero-order chi connectivity index (χ0) is 41.4. The number of pyridine rings is 1. The van der Waals surface area contributed by atoms with Crippen molar-refractivity contribution >= 4 is 71.3 Å². The van der Waals surface area contributed by atoms with E-state index in [1.165, 1.54) is 39.0 Å². The molecule has 304 valence electrons. The Balaban J connectivity index is 0.000000264. The van der Waals surface area contributed by atoms with Crippen molar-refractivity contribution in [2.45, 2.75) is 119 Å². The van der Waals surface area contributed by atoms with E-state index in [0.29, 0.717) is 54.0 Å². The molecule has 0 radical (unpaired) electrons. The lowest BCUT2D eigenvalue weighted by molar-refractivity contribution is -0.137. The van der Waals surface area contributed by atoms with E-state index >= 15 is 0 Å². The molecular weight excluding hydrogens is 803 g/mol. The van der Waals surface area contributed by atoms with Crippen molar-refractivity contribution < 1.29 is 44.4 Å². The number of aromatic nitrogens is 2. The number of rotatable bonds is 10. The minimum absolute atomic E-state index is 0.245. The zero-order valence-corrected chi connectivity index (χ0v) is 34.4. The van der Waals surface area contributed by atoms with Crippen LogP contribution >= 0.6 is 22.9 Å². The number of thiazole rings is 1. The van der Waals surface area contributed by atoms with Gasteiger partial charge in [0, 0.05) is 28.6 Å². The van der Waals surface area contributed by atoms with Crippen LogP contribution in [-0.2, 0) is 40.2 Å². The van der Waals surface area contributed by atoms with Crippen LogP contribution < -0.4 is 16.4 Å². The van der Waals surface area contributed by atoms with Crippen molar-refractivity contribution in [3.63, 3.8) is 0 Å². The molecule has 19 heteroatoms. The molecule has 0 aliphatic heterocycles. The lowest BCUT2D eigenvalue weighted by Crippen LogP contribution is -2.48. The van der Waals surface area contributed by atoms with Crippen LogP contribution in [0.15, 0.2) is 48.0 Å². The quantitative estimate of drug-likeness (QED) is 0.184. The molecule has 55 heavy (non-hydrogen) atoms. The largest absolute Gasteiger partial charge is 0.416 e. The minimum atomic E-state index is -4.58. The van der Waals surface area contributed by atoms with Crippen LogP contribution in [0.25, 0.3) is 11.3 Å². The number of carbonyl (C=O) groups excluding carboxylic acids is 3. The fourth-order valence-corrected chi connectivity index (χ4v) is 10.8. The van der Waals surface area contributed by atoms with Crippen molar-refractivity contribution in [3.05, 3.63) is 58.6 Å². The molecule has 0 atom stereocenters. The number of halogens is 4. The zero-order valence-electron chi connectivity index (χ0n) is 31.2. The summed E-state index contributed by atoms with van der Waals surface area (Å²) in [5, 5.41) is 6.69. The molecule has 2 heterocycles. The van der Waals surface area contributed by atoms with E-state index in [0.717, 1.165) is 43.5 Å². The normalized spacial score (nSPS) is 15.7. The van der Waals surface area contributed by atoms with Crippen molar-refractivity contribution in [2.75, 3.05) is 10.6 Å². The number of nitrogens with two attached hydrogens (primary N) is 1. The standard InChI is InChI=1S/C18H21ClN2O3S2.C15H19F3N2O3S.C3H7NO/c1-18(2,26(23,24)14-5-3-4-6-14)16(22)21-17-20-15(11-25-17)12-7-9-13(19)10-8-12;1-14(2,24(22,23)11-5-3-4-6-11)13(21)20-12-9-10(7-8-19-12)15(16,17)18;1-2-3(4)5/h7-11,14H,3-6H2,1-2H3,(H,20,21,22);7-9,11H,3-6H2,1-2H3,(H,19,20,21);2H2,1H3,(H2,4,5). The predicted octanol–water partition coefficient (Wildman–Crippen LogP) is 7.59. The van der Waals surface area contributed by atoms with Gasteiger partial charge in [-0.05, 0) is 77.6 Å². The molecule has 2 aliphatic rings. The third-order valence-electron chi connectivity index (χ3n) is 9.54. The van der Waals surface area contributed by atoms with Crippen LogP contribution in [0.2, 0.25) is 5.02 Å². The van der Waals surface area contributed by atoms with Crippen molar-refractivity contribution in [3.8, 4) is 11.3 Å². The van der Waals surface area contributed by atoms with Gasteiger partial charge in [0.1, 0.15) is 15.3 Å². The summed E-state index contributed by atoms with van der Waals surface area (Å²) in [7, 11) is -7.32. The fourth-order valence-electron chi connectivity index (χ4n) is 5.76. The number of benzene rings is 1. The Morgan fingerprint density at radius 3 is 1.73 bits per heavy atom. The summed E-state index contributed by atoms with van der Waals surface area (Å²) < 4.78 is 85.9. The highest BCUT2D eigenvalue weighted by Gasteiger charge is 2.48. The van der Waals surface area contributed by atoms with Gasteiger partial charge in [-0.25, -0.2) is 26.8 Å². The summed E-state index contributed by atoms with van der Waals surface area (Å²) in [6.07, 6.45) is 2.44. The molecule has 1 aromatic carbocycles. The molecule has 5 rings (SSSR count). The van der Waals surface area contributed by atoms with Gasteiger partial charge in [0.25, 0.3) is 0 Å². The summed E-state index contributed by atoms with van der Waals surface area (Å²) in [5.41, 5.74) is 5.27. The monoisotopic (exact) mass is 849 g/mol. The first-order valence-corrected chi connectivity index (χ1v) is 21.9. The number of nitrogens with zero attached hydrogens (tertiary/aromatic N) is 2. The lowest BCUT2D eigenvalue weighted by Gasteiger charge is -2.27. The first kappa shape index (κ1) is 45.8. The highest BCUT2D eigenvalue weighted by molar-refractivity contribution is 7.94. The van der Waals surface area contributed by atoms with E-state index in [2.05, 4.69) is 26.3 Å². The first-order valence-electron chi connectivity index (χ1n) is 17.6. The summed E-state index contributed by atoms with van der Waals surface area (Å²) in [5.74, 6) is -2.00. The van der Waals surface area contributed by atoms with Crippen LogP contribution in [0, 0.1) is 0 Å². The number of primary amides is 1. The van der Waals surface area contributed by atoms with Crippen LogP contribution in [0.3, 0.4) is 0 Å². The molecule has 0 bridgehead atoms. The third kappa shape index (κ3) is 11.5. The van der Waals surface area contributed by atoms with Gasteiger partial charge < -0.3 is 16.4 Å². The van der Waals surface area contributed by atoms with Crippen molar-refractivity contribution in [1.82, 2.24) is 9.97 Å². The van der Waals surface area contributed by atoms with Crippen LogP contribution in [0.1, 0.15) is 98.0 Å². The molecule has 12 nitrogen and oxygen atoms in total. The van der Waals surface area contributed by atoms with Gasteiger partial charge in [0.2, 0.25) is 17.7 Å². The highest BCUT2D eigenvalue weighted by Crippen LogP contribution is 2.35. The van der Waals surface area contributed by atoms with Crippen LogP contribution in [0.4, 0.5) is 24.1 Å². The summed E-state index contributed by atoms with van der Waals surface area (Å²) in [6, 6.07) is 8.68. The SMILES string of the molecule is CC(C)(C(=O)Nc1cc(C(F)(F)F)ccn1)S(=O)(=O)C1CCCC1.CC(C)(C(=O)Nc1nc(-c2ccc(Cl)cc2)cs1)S(=O)(=O)C1CCCC1.CCC(N)=O. The maximum Gasteiger partial charge on any atom is 0.416 e. The Bertz CT molecular complexity index is 2030. The van der Waals surface area contributed by atoms with E-state index in [-0.39, 0.29) is 11.7 Å². The maximum atomic E-state index is 12.9. The lowest BCUT2D eigenvalue weighted by atomic mass is 10.2. The highest BCUT2D eigenvalue weighted by atomic mass is 35.5. The van der Waals surface area contributed by atoms with Crippen molar-refractivity contribution in [1.29, 1.82) is 0 Å². The molecule has 4 N–H and O–H groups in total. The number of sulfone groups is 2. The van der Waals surface area contributed by atoms with E-state index < -0.39 is 63.2 Å². The van der Waals surface area contributed by atoms with Gasteiger partial charge in [-0.1, -0.05) is 56.3 Å². The molecule has 3 amide bonds. The molecule has 0 spiro atoms. The maximum absolute atomic E-state index is 12.9. The molecule has 2 fully saturated rings. The summed E-state index contributed by atoms with van der Waals surface area (Å²) in [4.78, 5) is 42.7. The fraction of sp³-hybridized carbons (Fsp3) is 0.528. The van der Waals surface area contributed by atoms with E-state index in [1.807, 2.05) is 17.5 Å². The second kappa shape index (κ2) is 18.6. The average molecular weight is 850 g/mol. The Labute approximate surface area is 329 Å². The molecule has 0 unspecified atom stereocenters. The number of carbonyl (C=O) groups is 3. The second-order valence-corrected chi connectivity index (χ2v) is 21.0. The molecule has 3 aromatic rings. The number of hydrogen-bond donors (Lipinski definition) is 3. The Kier molecular flexibility index (Phi) is 15.4. The Hall–Kier alpha value is -3.61. The van der Waals surface area contributed by atoms with Gasteiger partial charge in [-0.15, -0.1) is 11.3 Å². The summed E-state index contributed by atoms with van der Waals surface area (Å²) >= 11 is 7.15. The van der Waals surface area contributed by atoms with Gasteiger partial charge in [0.05, 0.1) is 21.8 Å². The number of nitrogens with one attached hydrogen (secondary N) is 2. The van der Waals surface area contributed by atoms with Gasteiger partial charge in [0.15, 0.2) is 24.8 Å². The molecule has 2 saturated carbocycles. The smallest absolute Gasteiger partial charge is 0.370 e. The molecular formula is C36H47ClF3N5O7S3. The number of hydrogen-bond acceptors (Lipinski definition) is 10. The molecule has 0 saturated heterocycles. The third-order valence-corrected chi connectivity index (χ3v) is 16.5. The predicted molar refractivity (Wildman–Crippen MR) is 209 cm³/mol. The second-order valence-electron chi connectivity index (χ2n) is 14.1. The van der Waals surface area contributed by atoms with Gasteiger partial charge in [-0.2, -0.15) is 13.2 Å². The number of anilines is 2. The van der Waals surface area contributed by atoms with Crippen LogP contribution in [0.5, 0.6) is 0 Å². The number of amides is 3. The van der Waals surface area contributed by atoms with E-state index in [1.54, 1.807) is 19.1 Å². The van der Waals surface area contributed by atoms with Crippen molar-refractivity contribution in [2.24, 2.45) is 5.73 Å². The Morgan fingerprint density at radius 2 is 1.29 bits per heavy atom. The number of alkyl halides is 3. The first-order chi connectivity index (χ1) is 25.4. The van der Waals surface area contributed by atoms with Crippen LogP contribution in [-0.4, -0.2) is 64.5 Å². The molecule has 2 aliphatic carbocycles. The Morgan fingerprint density at radius 1 is 0.836 bits per heavy atom. The average Bonchev–Trinajstić information content (AvgIpc) is 3.93. The summed E-state index contributed by atoms with van der Waals surface area (Å²) in [6.45, 7) is 7.21. The van der Waals surface area contributed by atoms with Gasteiger partial charge in [-0.3, -0.25) is 14.4 Å².